The number of rotatable bonds is 3. The highest BCUT2D eigenvalue weighted by Crippen LogP contribution is 2.42. The molecule has 0 saturated carbocycles. The van der Waals surface area contributed by atoms with E-state index in [0.29, 0.717) is 0 Å². The molecule has 45 heavy (non-hydrogen) atoms. The SMILES string of the molecule is Cc1cc2c3c(c1)N(c1ccc(C(C)(C)C)cc1)c1cccc4c1B3c1c(cccc1[Si]4(c1ccccc1)c1ccccc1)O2. The van der Waals surface area contributed by atoms with E-state index in [1.807, 2.05) is 0 Å². The van der Waals surface area contributed by atoms with Crippen molar-refractivity contribution in [2.75, 3.05) is 4.90 Å². The summed E-state index contributed by atoms with van der Waals surface area (Å²) in [5.41, 5.74) is 10.4. The van der Waals surface area contributed by atoms with E-state index in [-0.39, 0.29) is 12.1 Å². The van der Waals surface area contributed by atoms with Crippen LogP contribution in [0.4, 0.5) is 17.1 Å². The highest BCUT2D eigenvalue weighted by Gasteiger charge is 2.55. The van der Waals surface area contributed by atoms with E-state index in [9.17, 15) is 0 Å². The van der Waals surface area contributed by atoms with E-state index < -0.39 is 8.07 Å². The topological polar surface area (TPSA) is 12.5 Å². The molecule has 6 aromatic rings. The van der Waals surface area contributed by atoms with Crippen molar-refractivity contribution in [2.24, 2.45) is 0 Å². The van der Waals surface area contributed by atoms with Gasteiger partial charge in [0, 0.05) is 17.1 Å². The largest absolute Gasteiger partial charge is 0.458 e. The first-order chi connectivity index (χ1) is 21.9. The first-order valence-electron chi connectivity index (χ1n) is 16.0. The Balaban J connectivity index is 1.43. The van der Waals surface area contributed by atoms with E-state index >= 15 is 0 Å². The van der Waals surface area contributed by atoms with Gasteiger partial charge in [0.05, 0.1) is 0 Å². The minimum absolute atomic E-state index is 0.0878. The van der Waals surface area contributed by atoms with Crippen molar-refractivity contribution in [3.8, 4) is 11.5 Å². The highest BCUT2D eigenvalue weighted by atomic mass is 28.3. The molecule has 0 unspecified atom stereocenters. The van der Waals surface area contributed by atoms with Crippen molar-refractivity contribution in [1.82, 2.24) is 0 Å². The lowest BCUT2D eigenvalue weighted by molar-refractivity contribution is 0.487. The molecule has 0 bridgehead atoms. The molecule has 6 aromatic carbocycles. The second-order valence-electron chi connectivity index (χ2n) is 13.8. The highest BCUT2D eigenvalue weighted by molar-refractivity contribution is 7.27. The summed E-state index contributed by atoms with van der Waals surface area (Å²) in [6, 6.07) is 50.2. The van der Waals surface area contributed by atoms with E-state index in [0.717, 1.165) is 11.5 Å². The molecule has 0 aromatic heterocycles. The summed E-state index contributed by atoms with van der Waals surface area (Å²) in [6.07, 6.45) is 0. The quantitative estimate of drug-likeness (QED) is 0.254. The molecule has 0 fully saturated rings. The third-order valence-electron chi connectivity index (χ3n) is 10.2. The third kappa shape index (κ3) is 3.57. The van der Waals surface area contributed by atoms with Crippen LogP contribution >= 0.6 is 0 Å². The number of nitrogens with zero attached hydrogens (tertiary/aromatic N) is 1. The Labute approximate surface area is 267 Å². The van der Waals surface area contributed by atoms with Crippen LogP contribution in [0, 0.1) is 6.92 Å². The van der Waals surface area contributed by atoms with Gasteiger partial charge in [-0.3, -0.25) is 0 Å². The molecule has 4 heteroatoms. The molecule has 0 spiro atoms. The summed E-state index contributed by atoms with van der Waals surface area (Å²) in [5, 5.41) is 5.71. The Morgan fingerprint density at radius 1 is 0.578 bits per heavy atom. The second-order valence-corrected chi connectivity index (χ2v) is 17.5. The van der Waals surface area contributed by atoms with Gasteiger partial charge in [-0.1, -0.05) is 118 Å². The van der Waals surface area contributed by atoms with E-state index in [4.69, 9.17) is 4.74 Å². The van der Waals surface area contributed by atoms with Gasteiger partial charge in [0.1, 0.15) is 11.5 Å². The fraction of sp³-hybridized carbons (Fsp3) is 0.122. The predicted molar refractivity (Wildman–Crippen MR) is 193 cm³/mol. The minimum atomic E-state index is -2.74. The molecule has 2 nitrogen and oxygen atoms in total. The molecule has 0 amide bonds. The number of aryl methyl sites for hydroxylation is 1. The lowest BCUT2D eigenvalue weighted by atomic mass is 9.34. The van der Waals surface area contributed by atoms with Crippen LogP contribution in [-0.2, 0) is 5.41 Å². The van der Waals surface area contributed by atoms with E-state index in [1.165, 1.54) is 65.3 Å². The predicted octanol–water partition coefficient (Wildman–Crippen LogP) is 5.39. The summed E-state index contributed by atoms with van der Waals surface area (Å²) in [4.78, 5) is 2.50. The van der Waals surface area contributed by atoms with Gasteiger partial charge in [0.15, 0.2) is 8.07 Å². The molecule has 0 radical (unpaired) electrons. The standard InChI is InChI=1S/C41H34BNOSi/c1-27-25-33-38-35(26-27)44-34-18-12-20-37-40(34)42(38)39-32(43(33)29-23-21-28(22-24-29)41(2,3)4)17-11-19-36(39)45(37,30-13-7-5-8-14-30)31-15-9-6-10-16-31/h5-26H,1-4H3. The maximum absolute atomic E-state index is 6.94. The van der Waals surface area contributed by atoms with E-state index in [1.54, 1.807) is 0 Å². The summed E-state index contributed by atoms with van der Waals surface area (Å²) < 4.78 is 6.94. The zero-order chi connectivity index (χ0) is 30.5. The van der Waals surface area contributed by atoms with Crippen molar-refractivity contribution in [3.63, 3.8) is 0 Å². The van der Waals surface area contributed by atoms with Gasteiger partial charge in [0.2, 0.25) is 0 Å². The van der Waals surface area contributed by atoms with Gasteiger partial charge in [-0.05, 0) is 97.0 Å². The van der Waals surface area contributed by atoms with Crippen LogP contribution in [0.5, 0.6) is 11.5 Å². The van der Waals surface area contributed by atoms with Crippen molar-refractivity contribution in [1.29, 1.82) is 0 Å². The molecule has 0 saturated heterocycles. The number of hydrogen-bond acceptors (Lipinski definition) is 2. The van der Waals surface area contributed by atoms with Gasteiger partial charge < -0.3 is 9.64 Å². The Morgan fingerprint density at radius 2 is 1.20 bits per heavy atom. The van der Waals surface area contributed by atoms with Crippen molar-refractivity contribution >= 4 is 69.0 Å². The molecule has 3 aliphatic heterocycles. The molecule has 0 N–H and O–H groups in total. The first-order valence-corrected chi connectivity index (χ1v) is 18.0. The maximum Gasteiger partial charge on any atom is 0.256 e. The lowest BCUT2D eigenvalue weighted by Gasteiger charge is -2.49. The normalized spacial score (nSPS) is 14.9. The molecule has 0 atom stereocenters. The van der Waals surface area contributed by atoms with Crippen LogP contribution in [0.1, 0.15) is 31.9 Å². The smallest absolute Gasteiger partial charge is 0.256 e. The van der Waals surface area contributed by atoms with Gasteiger partial charge in [-0.2, -0.15) is 0 Å². The van der Waals surface area contributed by atoms with Crippen molar-refractivity contribution in [3.05, 3.63) is 145 Å². The van der Waals surface area contributed by atoms with Gasteiger partial charge in [0.25, 0.3) is 6.71 Å². The lowest BCUT2D eigenvalue weighted by Crippen LogP contribution is -2.87. The van der Waals surface area contributed by atoms with E-state index in [2.05, 4.69) is 166 Å². The fourth-order valence-corrected chi connectivity index (χ4v) is 13.6. The first kappa shape index (κ1) is 26.6. The monoisotopic (exact) mass is 595 g/mol. The molecular weight excluding hydrogens is 561 g/mol. The Bertz CT molecular complexity index is 2090. The number of anilines is 3. The van der Waals surface area contributed by atoms with Crippen molar-refractivity contribution < 1.29 is 4.74 Å². The number of hydrogen-bond donors (Lipinski definition) is 0. The molecule has 0 aliphatic carbocycles. The maximum atomic E-state index is 6.94. The number of ether oxygens (including phenoxy) is 1. The minimum Gasteiger partial charge on any atom is -0.458 e. The molecule has 216 valence electrons. The summed E-state index contributed by atoms with van der Waals surface area (Å²) in [6.45, 7) is 9.13. The van der Waals surface area contributed by atoms with Gasteiger partial charge in [-0.15, -0.1) is 0 Å². The Morgan fingerprint density at radius 3 is 1.84 bits per heavy atom. The zero-order valence-corrected chi connectivity index (χ0v) is 27.1. The second kappa shape index (κ2) is 9.35. The molecule has 3 aliphatic rings. The van der Waals surface area contributed by atoms with Crippen LogP contribution < -0.4 is 46.8 Å². The third-order valence-corrected chi connectivity index (χ3v) is 15.1. The van der Waals surface area contributed by atoms with Crippen molar-refractivity contribution in [2.45, 2.75) is 33.1 Å². The fourth-order valence-electron chi connectivity index (χ4n) is 8.32. The van der Waals surface area contributed by atoms with Crippen LogP contribution in [0.25, 0.3) is 0 Å². The van der Waals surface area contributed by atoms with Crippen LogP contribution in [-0.4, -0.2) is 14.8 Å². The summed E-state index contributed by atoms with van der Waals surface area (Å²) >= 11 is 0. The van der Waals surface area contributed by atoms with Gasteiger partial charge >= 0.3 is 0 Å². The molecule has 3 heterocycles. The molecular formula is C41H34BNOSi. The van der Waals surface area contributed by atoms with Crippen LogP contribution in [0.3, 0.4) is 0 Å². The Hall–Kier alpha value is -4.80. The van der Waals surface area contributed by atoms with Crippen LogP contribution in [0.15, 0.2) is 133 Å². The average Bonchev–Trinajstić information content (AvgIpc) is 3.05. The van der Waals surface area contributed by atoms with Gasteiger partial charge in [-0.25, -0.2) is 0 Å². The van der Waals surface area contributed by atoms with Crippen LogP contribution in [0.2, 0.25) is 0 Å². The average molecular weight is 596 g/mol. The summed E-state index contributed by atoms with van der Waals surface area (Å²) in [5.74, 6) is 1.97. The number of benzene rings is 6. The molecule has 9 rings (SSSR count). The zero-order valence-electron chi connectivity index (χ0n) is 26.1. The Kier molecular flexibility index (Phi) is 5.53. The summed E-state index contributed by atoms with van der Waals surface area (Å²) in [7, 11) is -2.74.